The van der Waals surface area contributed by atoms with E-state index in [0.29, 0.717) is 0 Å². The van der Waals surface area contributed by atoms with Gasteiger partial charge in [-0.1, -0.05) is 23.7 Å². The van der Waals surface area contributed by atoms with E-state index in [-0.39, 0.29) is 0 Å². The highest BCUT2D eigenvalue weighted by molar-refractivity contribution is 6.33. The van der Waals surface area contributed by atoms with Gasteiger partial charge in [-0.15, -0.1) is 0 Å². The first kappa shape index (κ1) is 12.7. The summed E-state index contributed by atoms with van der Waals surface area (Å²) in [4.78, 5) is 0. The van der Waals surface area contributed by atoms with Crippen LogP contribution in [0.2, 0.25) is 5.02 Å². The number of para-hydroxylation sites is 1. The molecule has 1 aliphatic rings. The Morgan fingerprint density at radius 3 is 2.53 bits per heavy atom. The molecule has 0 saturated heterocycles. The minimum atomic E-state index is 0.728. The fraction of sp³-hybridized carbons (Fsp3) is 0.571. The Morgan fingerprint density at radius 2 is 1.88 bits per heavy atom. The van der Waals surface area contributed by atoms with E-state index < -0.39 is 0 Å². The highest BCUT2D eigenvalue weighted by Gasteiger charge is 2.19. The fourth-order valence-electron chi connectivity index (χ4n) is 2.51. The lowest BCUT2D eigenvalue weighted by molar-refractivity contribution is 0.312. The molecule has 1 fully saturated rings. The molecule has 0 spiro atoms. The summed E-state index contributed by atoms with van der Waals surface area (Å²) in [6.07, 6.45) is 5.21. The maximum absolute atomic E-state index is 6.12. The van der Waals surface area contributed by atoms with E-state index in [1.165, 1.54) is 25.7 Å². The summed E-state index contributed by atoms with van der Waals surface area (Å²) >= 11 is 6.12. The highest BCUT2D eigenvalue weighted by atomic mass is 35.5. The third-order valence-corrected chi connectivity index (χ3v) is 4.04. The molecule has 3 heteroatoms. The molecule has 0 aromatic heterocycles. The van der Waals surface area contributed by atoms with E-state index in [1.807, 2.05) is 24.3 Å². The van der Waals surface area contributed by atoms with Crippen LogP contribution in [0.3, 0.4) is 0 Å². The van der Waals surface area contributed by atoms with Crippen LogP contribution < -0.4 is 10.6 Å². The van der Waals surface area contributed by atoms with Gasteiger partial charge in [0.15, 0.2) is 0 Å². The van der Waals surface area contributed by atoms with Gasteiger partial charge in [-0.2, -0.15) is 0 Å². The Labute approximate surface area is 109 Å². The van der Waals surface area contributed by atoms with Crippen molar-refractivity contribution in [2.24, 2.45) is 5.92 Å². The molecule has 0 bridgehead atoms. The molecule has 2 rings (SSSR count). The quantitative estimate of drug-likeness (QED) is 0.857. The minimum Gasteiger partial charge on any atom is -0.384 e. The first-order valence-electron chi connectivity index (χ1n) is 6.45. The maximum Gasteiger partial charge on any atom is 0.0637 e. The average Bonchev–Trinajstić information content (AvgIpc) is 2.38. The second-order valence-electron chi connectivity index (χ2n) is 4.87. The second kappa shape index (κ2) is 6.27. The number of halogens is 1. The highest BCUT2D eigenvalue weighted by Crippen LogP contribution is 2.26. The second-order valence-corrected chi connectivity index (χ2v) is 5.27. The molecule has 0 heterocycles. The molecule has 0 atom stereocenters. The molecule has 1 aliphatic carbocycles. The van der Waals surface area contributed by atoms with Crippen molar-refractivity contribution in [3.63, 3.8) is 0 Å². The Morgan fingerprint density at radius 1 is 1.18 bits per heavy atom. The smallest absolute Gasteiger partial charge is 0.0637 e. The van der Waals surface area contributed by atoms with Gasteiger partial charge < -0.3 is 10.6 Å². The molecule has 1 aromatic carbocycles. The van der Waals surface area contributed by atoms with E-state index >= 15 is 0 Å². The Balaban J connectivity index is 1.78. The van der Waals surface area contributed by atoms with Gasteiger partial charge in [0.2, 0.25) is 0 Å². The average molecular weight is 253 g/mol. The van der Waals surface area contributed by atoms with E-state index in [2.05, 4.69) is 17.7 Å². The van der Waals surface area contributed by atoms with Crippen LogP contribution in [-0.4, -0.2) is 19.6 Å². The zero-order valence-electron chi connectivity index (χ0n) is 10.4. The van der Waals surface area contributed by atoms with Gasteiger partial charge in [-0.3, -0.25) is 0 Å². The third kappa shape index (κ3) is 3.62. The van der Waals surface area contributed by atoms with Crippen LogP contribution in [0.1, 0.15) is 25.7 Å². The van der Waals surface area contributed by atoms with Crippen molar-refractivity contribution in [3.8, 4) is 0 Å². The van der Waals surface area contributed by atoms with Gasteiger partial charge in [0.1, 0.15) is 0 Å². The van der Waals surface area contributed by atoms with E-state index in [1.54, 1.807) is 0 Å². The number of rotatable bonds is 4. The lowest BCUT2D eigenvalue weighted by Gasteiger charge is -2.28. The van der Waals surface area contributed by atoms with Gasteiger partial charge in [-0.05, 0) is 50.8 Å². The minimum absolute atomic E-state index is 0.728. The van der Waals surface area contributed by atoms with Crippen LogP contribution in [-0.2, 0) is 0 Å². The number of benzene rings is 1. The van der Waals surface area contributed by atoms with Gasteiger partial charge in [0.25, 0.3) is 0 Å². The van der Waals surface area contributed by atoms with Gasteiger partial charge in [0, 0.05) is 12.6 Å². The predicted octanol–water partition coefficient (Wildman–Crippen LogP) is 3.53. The van der Waals surface area contributed by atoms with E-state index in [9.17, 15) is 0 Å². The van der Waals surface area contributed by atoms with Crippen molar-refractivity contribution >= 4 is 17.3 Å². The standard InChI is InChI=1S/C14H21ClN2/c1-16-12-8-6-11(7-9-12)10-17-14-5-3-2-4-13(14)15/h2-5,11-12,16-17H,6-10H2,1H3. The molecular weight excluding hydrogens is 232 g/mol. The van der Waals surface area contributed by atoms with Crippen LogP contribution in [0.15, 0.2) is 24.3 Å². The SMILES string of the molecule is CNC1CCC(CNc2ccccc2Cl)CC1. The van der Waals surface area contributed by atoms with Crippen molar-refractivity contribution in [1.29, 1.82) is 0 Å². The first-order valence-corrected chi connectivity index (χ1v) is 6.83. The van der Waals surface area contributed by atoms with E-state index in [4.69, 9.17) is 11.6 Å². The molecule has 1 aromatic rings. The van der Waals surface area contributed by atoms with Crippen LogP contribution in [0, 0.1) is 5.92 Å². The van der Waals surface area contributed by atoms with Gasteiger partial charge in [-0.25, -0.2) is 0 Å². The monoisotopic (exact) mass is 252 g/mol. The summed E-state index contributed by atoms with van der Waals surface area (Å²) < 4.78 is 0. The molecule has 0 radical (unpaired) electrons. The zero-order valence-corrected chi connectivity index (χ0v) is 11.1. The maximum atomic E-state index is 6.12. The topological polar surface area (TPSA) is 24.1 Å². The van der Waals surface area contributed by atoms with Crippen LogP contribution in [0.5, 0.6) is 0 Å². The van der Waals surface area contributed by atoms with Crippen molar-refractivity contribution in [1.82, 2.24) is 5.32 Å². The van der Waals surface area contributed by atoms with Crippen LogP contribution in [0.4, 0.5) is 5.69 Å². The summed E-state index contributed by atoms with van der Waals surface area (Å²) in [5, 5.41) is 7.65. The molecule has 17 heavy (non-hydrogen) atoms. The molecular formula is C14H21ClN2. The van der Waals surface area contributed by atoms with E-state index in [0.717, 1.165) is 29.2 Å². The largest absolute Gasteiger partial charge is 0.384 e. The van der Waals surface area contributed by atoms with Crippen molar-refractivity contribution in [3.05, 3.63) is 29.3 Å². The zero-order chi connectivity index (χ0) is 12.1. The molecule has 0 aliphatic heterocycles. The normalized spacial score (nSPS) is 24.6. The molecule has 94 valence electrons. The summed E-state index contributed by atoms with van der Waals surface area (Å²) in [5.74, 6) is 0.788. The predicted molar refractivity (Wildman–Crippen MR) is 74.7 cm³/mol. The Kier molecular flexibility index (Phi) is 4.69. The van der Waals surface area contributed by atoms with Gasteiger partial charge in [0.05, 0.1) is 10.7 Å². The summed E-state index contributed by atoms with van der Waals surface area (Å²) in [7, 11) is 2.06. The lowest BCUT2D eigenvalue weighted by atomic mass is 9.86. The van der Waals surface area contributed by atoms with Crippen molar-refractivity contribution in [2.45, 2.75) is 31.7 Å². The number of hydrogen-bond donors (Lipinski definition) is 2. The fourth-order valence-corrected chi connectivity index (χ4v) is 2.72. The molecule has 0 unspecified atom stereocenters. The number of anilines is 1. The number of nitrogens with one attached hydrogen (secondary N) is 2. The van der Waals surface area contributed by atoms with Crippen molar-refractivity contribution < 1.29 is 0 Å². The third-order valence-electron chi connectivity index (χ3n) is 3.71. The van der Waals surface area contributed by atoms with Crippen molar-refractivity contribution in [2.75, 3.05) is 18.9 Å². The first-order chi connectivity index (χ1) is 8.29. The molecule has 2 nitrogen and oxygen atoms in total. The van der Waals surface area contributed by atoms with Crippen LogP contribution in [0.25, 0.3) is 0 Å². The molecule has 2 N–H and O–H groups in total. The lowest BCUT2D eigenvalue weighted by Crippen LogP contribution is -2.32. The molecule has 1 saturated carbocycles. The Bertz CT molecular complexity index is 346. The summed E-state index contributed by atoms with van der Waals surface area (Å²) in [6.45, 7) is 1.04. The summed E-state index contributed by atoms with van der Waals surface area (Å²) in [5.41, 5.74) is 1.06. The van der Waals surface area contributed by atoms with Gasteiger partial charge >= 0.3 is 0 Å². The number of hydrogen-bond acceptors (Lipinski definition) is 2. The van der Waals surface area contributed by atoms with Crippen LogP contribution >= 0.6 is 11.6 Å². The summed E-state index contributed by atoms with van der Waals surface area (Å²) in [6, 6.07) is 8.69. The Hall–Kier alpha value is -0.730. The molecule has 0 amide bonds.